The van der Waals surface area contributed by atoms with E-state index in [1.807, 2.05) is 0 Å². The van der Waals surface area contributed by atoms with Gasteiger partial charge in [0.15, 0.2) is 15.4 Å². The Labute approximate surface area is 165 Å². The monoisotopic (exact) mass is 418 g/mol. The van der Waals surface area contributed by atoms with Crippen LogP contribution in [0, 0.1) is 0 Å². The molecule has 9 nitrogen and oxygen atoms in total. The van der Waals surface area contributed by atoms with Gasteiger partial charge in [0.2, 0.25) is 5.91 Å². The van der Waals surface area contributed by atoms with Crippen molar-refractivity contribution in [1.82, 2.24) is 4.57 Å². The molecule has 3 rings (SSSR count). The number of nitrogens with zero attached hydrogens (tertiary/aromatic N) is 1. The summed E-state index contributed by atoms with van der Waals surface area (Å²) in [5, 5.41) is 2.57. The average Bonchev–Trinajstić information content (AvgIpc) is 3.00. The number of carbonyl (C=O) groups excluding carboxylic acids is 2. The molecule has 0 bridgehead atoms. The molecule has 0 aliphatic heterocycles. The lowest BCUT2D eigenvalue weighted by Crippen LogP contribution is -2.17. The number of rotatable bonds is 6. The first-order valence-electron chi connectivity index (χ1n) is 8.52. The van der Waals surface area contributed by atoms with Crippen LogP contribution in [0.2, 0.25) is 0 Å². The molecule has 0 saturated heterocycles. The van der Waals surface area contributed by atoms with Crippen LogP contribution < -0.4 is 11.1 Å². The first-order valence-corrected chi connectivity index (χ1v) is 10.2. The maximum Gasteiger partial charge on any atom is 0.419 e. The van der Waals surface area contributed by atoms with Gasteiger partial charge in [0.1, 0.15) is 0 Å². The number of aryl methyl sites for hydroxylation is 1. The van der Waals surface area contributed by atoms with E-state index >= 15 is 0 Å². The van der Waals surface area contributed by atoms with Crippen molar-refractivity contribution in [3.63, 3.8) is 0 Å². The number of carbonyl (C=O) groups is 2. The standard InChI is InChI=1S/C19H18N2O7S/c1-21-15-8-7-14(11-16(15)28-19(21)24)29(25,26)10-9-17(22)20-13-5-3-12(4-6-13)18(23)27-2/h3-8,11H,9-10H2,1-2H3,(H,20,22). The zero-order chi connectivity index (χ0) is 21.2. The number of amides is 1. The number of hydrogen-bond donors (Lipinski definition) is 1. The number of ether oxygens (including phenoxy) is 1. The summed E-state index contributed by atoms with van der Waals surface area (Å²) in [7, 11) is -0.974. The van der Waals surface area contributed by atoms with Gasteiger partial charge in [0.05, 0.1) is 28.8 Å². The fourth-order valence-electron chi connectivity index (χ4n) is 2.68. The van der Waals surface area contributed by atoms with Crippen molar-refractivity contribution in [2.75, 3.05) is 18.2 Å². The second-order valence-corrected chi connectivity index (χ2v) is 8.35. The van der Waals surface area contributed by atoms with E-state index in [1.165, 1.54) is 61.2 Å². The zero-order valence-electron chi connectivity index (χ0n) is 15.7. The third kappa shape index (κ3) is 4.37. The van der Waals surface area contributed by atoms with E-state index in [1.54, 1.807) is 0 Å². The normalized spacial score (nSPS) is 11.4. The van der Waals surface area contributed by atoms with E-state index in [2.05, 4.69) is 10.1 Å². The molecule has 1 aromatic heterocycles. The highest BCUT2D eigenvalue weighted by Gasteiger charge is 2.19. The molecule has 0 aliphatic carbocycles. The van der Waals surface area contributed by atoms with Gasteiger partial charge in [-0.05, 0) is 36.4 Å². The molecule has 1 heterocycles. The van der Waals surface area contributed by atoms with Crippen LogP contribution in [-0.2, 0) is 26.4 Å². The highest BCUT2D eigenvalue weighted by molar-refractivity contribution is 7.91. The topological polar surface area (TPSA) is 125 Å². The molecule has 2 aromatic carbocycles. The summed E-state index contributed by atoms with van der Waals surface area (Å²) in [5.41, 5.74) is 1.39. The summed E-state index contributed by atoms with van der Waals surface area (Å²) in [6.45, 7) is 0. The third-order valence-electron chi connectivity index (χ3n) is 4.31. The van der Waals surface area contributed by atoms with Crippen LogP contribution in [0.15, 0.2) is 56.6 Å². The van der Waals surface area contributed by atoms with Crippen molar-refractivity contribution >= 4 is 38.5 Å². The summed E-state index contributed by atoms with van der Waals surface area (Å²) in [4.78, 5) is 35.0. The van der Waals surface area contributed by atoms with Crippen LogP contribution in [0.25, 0.3) is 11.1 Å². The number of hydrogen-bond acceptors (Lipinski definition) is 7. The Balaban J connectivity index is 1.66. The predicted molar refractivity (Wildman–Crippen MR) is 105 cm³/mol. The summed E-state index contributed by atoms with van der Waals surface area (Å²) in [6, 6.07) is 10.1. The van der Waals surface area contributed by atoms with Crippen molar-refractivity contribution in [3.05, 3.63) is 58.6 Å². The highest BCUT2D eigenvalue weighted by Crippen LogP contribution is 2.20. The Bertz CT molecular complexity index is 1240. The minimum Gasteiger partial charge on any atom is -0.465 e. The van der Waals surface area contributed by atoms with Crippen molar-refractivity contribution in [1.29, 1.82) is 0 Å². The number of esters is 1. The summed E-state index contributed by atoms with van der Waals surface area (Å²) in [5.74, 6) is -2.00. The number of aromatic nitrogens is 1. The van der Waals surface area contributed by atoms with E-state index in [0.717, 1.165) is 0 Å². The minimum atomic E-state index is -3.76. The van der Waals surface area contributed by atoms with Crippen molar-refractivity contribution in [2.45, 2.75) is 11.3 Å². The molecule has 0 fully saturated rings. The van der Waals surface area contributed by atoms with Crippen LogP contribution in [-0.4, -0.2) is 37.7 Å². The number of sulfone groups is 1. The molecule has 152 valence electrons. The molecule has 1 amide bonds. The second kappa shape index (κ2) is 7.92. The van der Waals surface area contributed by atoms with Gasteiger partial charge in [-0.1, -0.05) is 0 Å². The number of fused-ring (bicyclic) bond motifs is 1. The molecule has 10 heteroatoms. The van der Waals surface area contributed by atoms with Crippen LogP contribution in [0.4, 0.5) is 5.69 Å². The fourth-order valence-corrected chi connectivity index (χ4v) is 3.94. The predicted octanol–water partition coefficient (Wildman–Crippen LogP) is 1.72. The Hall–Kier alpha value is -3.40. The lowest BCUT2D eigenvalue weighted by atomic mass is 10.2. The van der Waals surface area contributed by atoms with Crippen molar-refractivity contribution in [3.8, 4) is 0 Å². The number of benzene rings is 2. The SMILES string of the molecule is COC(=O)c1ccc(NC(=O)CCS(=O)(=O)c2ccc3c(c2)oc(=O)n3C)cc1. The van der Waals surface area contributed by atoms with Crippen LogP contribution >= 0.6 is 0 Å². The van der Waals surface area contributed by atoms with Gasteiger partial charge in [-0.2, -0.15) is 0 Å². The van der Waals surface area contributed by atoms with Crippen LogP contribution in [0.1, 0.15) is 16.8 Å². The van der Waals surface area contributed by atoms with Gasteiger partial charge in [0.25, 0.3) is 0 Å². The second-order valence-electron chi connectivity index (χ2n) is 6.24. The largest absolute Gasteiger partial charge is 0.465 e. The molecule has 0 radical (unpaired) electrons. The Kier molecular flexibility index (Phi) is 5.55. The van der Waals surface area contributed by atoms with Crippen molar-refractivity contribution in [2.24, 2.45) is 7.05 Å². The summed E-state index contributed by atoms with van der Waals surface area (Å²) < 4.78 is 35.9. The number of oxazole rings is 1. The average molecular weight is 418 g/mol. The van der Waals surface area contributed by atoms with Crippen molar-refractivity contribution < 1.29 is 27.2 Å². The summed E-state index contributed by atoms with van der Waals surface area (Å²) >= 11 is 0. The van der Waals surface area contributed by atoms with E-state index in [-0.39, 0.29) is 16.9 Å². The van der Waals surface area contributed by atoms with Gasteiger partial charge in [-0.3, -0.25) is 9.36 Å². The molecular weight excluding hydrogens is 400 g/mol. The number of anilines is 1. The first kappa shape index (κ1) is 20.3. The molecule has 0 aliphatic rings. The highest BCUT2D eigenvalue weighted by atomic mass is 32.2. The molecule has 0 atom stereocenters. The lowest BCUT2D eigenvalue weighted by molar-refractivity contribution is -0.115. The molecular formula is C19H18N2O7S. The Morgan fingerprint density at radius 1 is 1.14 bits per heavy atom. The third-order valence-corrected chi connectivity index (χ3v) is 6.02. The van der Waals surface area contributed by atoms with E-state index in [0.29, 0.717) is 16.8 Å². The Morgan fingerprint density at radius 3 is 2.48 bits per heavy atom. The molecule has 3 aromatic rings. The van der Waals surface area contributed by atoms with E-state index < -0.39 is 33.2 Å². The zero-order valence-corrected chi connectivity index (χ0v) is 16.5. The molecule has 1 N–H and O–H groups in total. The van der Waals surface area contributed by atoms with Crippen LogP contribution in [0.3, 0.4) is 0 Å². The Morgan fingerprint density at radius 2 is 1.83 bits per heavy atom. The van der Waals surface area contributed by atoms with Gasteiger partial charge in [-0.15, -0.1) is 0 Å². The van der Waals surface area contributed by atoms with E-state index in [9.17, 15) is 22.8 Å². The molecule has 0 unspecified atom stereocenters. The summed E-state index contributed by atoms with van der Waals surface area (Å²) in [6.07, 6.45) is -0.266. The smallest absolute Gasteiger partial charge is 0.419 e. The molecule has 0 saturated carbocycles. The maximum absolute atomic E-state index is 12.5. The maximum atomic E-state index is 12.5. The number of methoxy groups -OCH3 is 1. The van der Waals surface area contributed by atoms with Gasteiger partial charge in [-0.25, -0.2) is 18.0 Å². The molecule has 29 heavy (non-hydrogen) atoms. The first-order chi connectivity index (χ1) is 13.7. The quantitative estimate of drug-likeness (QED) is 0.604. The van der Waals surface area contributed by atoms with Gasteiger partial charge < -0.3 is 14.5 Å². The van der Waals surface area contributed by atoms with Crippen LogP contribution in [0.5, 0.6) is 0 Å². The molecule has 0 spiro atoms. The van der Waals surface area contributed by atoms with Gasteiger partial charge in [0, 0.05) is 25.2 Å². The lowest BCUT2D eigenvalue weighted by Gasteiger charge is -2.07. The minimum absolute atomic E-state index is 0.0328. The fraction of sp³-hybridized carbons (Fsp3) is 0.211. The van der Waals surface area contributed by atoms with E-state index in [4.69, 9.17) is 4.42 Å². The number of nitrogens with one attached hydrogen (secondary N) is 1. The van der Waals surface area contributed by atoms with Gasteiger partial charge >= 0.3 is 11.7 Å².